The van der Waals surface area contributed by atoms with Gasteiger partial charge in [-0.3, -0.25) is 0 Å². The summed E-state index contributed by atoms with van der Waals surface area (Å²) in [5.41, 5.74) is 2.16. The molecule has 0 saturated carbocycles. The number of esters is 1. The van der Waals surface area contributed by atoms with Crippen molar-refractivity contribution in [2.75, 3.05) is 25.6 Å². The molecule has 0 spiro atoms. The summed E-state index contributed by atoms with van der Waals surface area (Å²) in [6, 6.07) is 7.21. The number of halogens is 1. The predicted octanol–water partition coefficient (Wildman–Crippen LogP) is 3.12. The second-order valence-corrected chi connectivity index (χ2v) is 9.89. The van der Waals surface area contributed by atoms with Crippen LogP contribution in [-0.4, -0.2) is 60.9 Å². The van der Waals surface area contributed by atoms with Crippen LogP contribution in [0, 0.1) is 13.8 Å². The van der Waals surface area contributed by atoms with Crippen LogP contribution in [0.3, 0.4) is 0 Å². The third kappa shape index (κ3) is 4.66. The second-order valence-electron chi connectivity index (χ2n) is 8.08. The SMILES string of the molecule is COC(=O)c1cc(-c2nc(N[C@H]3CCOC[C@H]3F)ncc2C)cn1S(=O)(=O)c1ccc(C)cc1. The van der Waals surface area contributed by atoms with E-state index in [9.17, 15) is 17.6 Å². The van der Waals surface area contributed by atoms with Crippen molar-refractivity contribution >= 4 is 21.9 Å². The van der Waals surface area contributed by atoms with Crippen molar-refractivity contribution in [2.45, 2.75) is 37.4 Å². The van der Waals surface area contributed by atoms with E-state index in [-0.39, 0.29) is 23.1 Å². The Morgan fingerprint density at radius 3 is 2.68 bits per heavy atom. The largest absolute Gasteiger partial charge is 0.464 e. The summed E-state index contributed by atoms with van der Waals surface area (Å²) in [5.74, 6) is -0.613. The number of aromatic nitrogens is 3. The van der Waals surface area contributed by atoms with E-state index < -0.39 is 28.2 Å². The number of carbonyl (C=O) groups excluding carboxylic acids is 1. The number of ether oxygens (including phenoxy) is 2. The highest BCUT2D eigenvalue weighted by Gasteiger charge is 2.28. The number of hydrogen-bond acceptors (Lipinski definition) is 8. The van der Waals surface area contributed by atoms with E-state index in [1.165, 1.54) is 31.5 Å². The molecule has 1 aliphatic rings. The molecule has 1 saturated heterocycles. The molecule has 2 aromatic heterocycles. The summed E-state index contributed by atoms with van der Waals surface area (Å²) in [4.78, 5) is 21.2. The summed E-state index contributed by atoms with van der Waals surface area (Å²) >= 11 is 0. The molecule has 0 radical (unpaired) electrons. The maximum atomic E-state index is 14.2. The monoisotopic (exact) mass is 488 g/mol. The lowest BCUT2D eigenvalue weighted by Crippen LogP contribution is -2.39. The van der Waals surface area contributed by atoms with Crippen LogP contribution in [0.25, 0.3) is 11.3 Å². The van der Waals surface area contributed by atoms with E-state index in [0.717, 1.165) is 9.54 Å². The van der Waals surface area contributed by atoms with Gasteiger partial charge in [0, 0.05) is 24.6 Å². The van der Waals surface area contributed by atoms with E-state index in [2.05, 4.69) is 15.3 Å². The van der Waals surface area contributed by atoms with Gasteiger partial charge in [-0.2, -0.15) is 0 Å². The van der Waals surface area contributed by atoms with Gasteiger partial charge in [0.25, 0.3) is 10.0 Å². The fourth-order valence-electron chi connectivity index (χ4n) is 3.69. The van der Waals surface area contributed by atoms with E-state index in [0.29, 0.717) is 29.8 Å². The van der Waals surface area contributed by atoms with Crippen LogP contribution in [0.5, 0.6) is 0 Å². The molecule has 1 N–H and O–H groups in total. The molecule has 0 aliphatic carbocycles. The van der Waals surface area contributed by atoms with Gasteiger partial charge in [0.2, 0.25) is 5.95 Å². The maximum Gasteiger partial charge on any atom is 0.355 e. The Bertz CT molecular complexity index is 1310. The van der Waals surface area contributed by atoms with Crippen LogP contribution >= 0.6 is 0 Å². The third-order valence-electron chi connectivity index (χ3n) is 5.60. The number of carbonyl (C=O) groups is 1. The number of alkyl halides is 1. The minimum atomic E-state index is -4.09. The Labute approximate surface area is 197 Å². The molecule has 1 fully saturated rings. The number of nitrogens with one attached hydrogen (secondary N) is 1. The lowest BCUT2D eigenvalue weighted by Gasteiger charge is -2.26. The van der Waals surface area contributed by atoms with Gasteiger partial charge >= 0.3 is 5.97 Å². The number of nitrogens with zero attached hydrogens (tertiary/aromatic N) is 3. The second kappa shape index (κ2) is 9.51. The standard InChI is InChI=1S/C23H25FN4O5S/c1-14-4-6-17(7-5-14)34(30,31)28-12-16(10-20(28)22(29)32-3)21-15(2)11-25-23(27-21)26-19-8-9-33-13-18(19)24/h4-7,10-12,18-19H,8-9,13H2,1-3H3,(H,25,26,27)/t18-,19+/m1/s1. The van der Waals surface area contributed by atoms with E-state index in [1.54, 1.807) is 25.3 Å². The van der Waals surface area contributed by atoms with Crippen molar-refractivity contribution in [3.05, 3.63) is 59.5 Å². The molecule has 3 aromatic rings. The fraction of sp³-hybridized carbons (Fsp3) is 0.348. The number of anilines is 1. The summed E-state index contributed by atoms with van der Waals surface area (Å²) in [5, 5.41) is 2.99. The van der Waals surface area contributed by atoms with E-state index >= 15 is 0 Å². The van der Waals surface area contributed by atoms with Gasteiger partial charge < -0.3 is 14.8 Å². The molecular formula is C23H25FN4O5S. The summed E-state index contributed by atoms with van der Waals surface area (Å²) in [6.45, 7) is 4.03. The Kier molecular flexibility index (Phi) is 6.67. The molecule has 0 unspecified atom stereocenters. The molecule has 2 atom stereocenters. The van der Waals surface area contributed by atoms with E-state index in [1.807, 2.05) is 6.92 Å². The molecule has 0 bridgehead atoms. The van der Waals surface area contributed by atoms with Crippen LogP contribution in [0.1, 0.15) is 28.0 Å². The topological polar surface area (TPSA) is 112 Å². The first kappa shape index (κ1) is 23.8. The summed E-state index contributed by atoms with van der Waals surface area (Å²) in [6.07, 6.45) is 2.15. The quantitative estimate of drug-likeness (QED) is 0.527. The van der Waals surface area contributed by atoms with Crippen molar-refractivity contribution in [1.29, 1.82) is 0 Å². The molecule has 11 heteroatoms. The Morgan fingerprint density at radius 1 is 1.26 bits per heavy atom. The van der Waals surface area contributed by atoms with Crippen LogP contribution in [-0.2, 0) is 19.5 Å². The van der Waals surface area contributed by atoms with Gasteiger partial charge in [-0.15, -0.1) is 0 Å². The van der Waals surface area contributed by atoms with Gasteiger partial charge in [0.1, 0.15) is 11.9 Å². The van der Waals surface area contributed by atoms with Gasteiger partial charge in [-0.05, 0) is 44.0 Å². The molecule has 180 valence electrons. The predicted molar refractivity (Wildman–Crippen MR) is 123 cm³/mol. The zero-order valence-electron chi connectivity index (χ0n) is 19.0. The van der Waals surface area contributed by atoms with Crippen LogP contribution in [0.15, 0.2) is 47.6 Å². The molecule has 0 amide bonds. The molecule has 9 nitrogen and oxygen atoms in total. The van der Waals surface area contributed by atoms with Crippen LogP contribution in [0.4, 0.5) is 10.3 Å². The lowest BCUT2D eigenvalue weighted by molar-refractivity contribution is 0.0284. The van der Waals surface area contributed by atoms with Crippen molar-refractivity contribution in [1.82, 2.24) is 13.9 Å². The normalized spacial score (nSPS) is 18.5. The van der Waals surface area contributed by atoms with E-state index in [4.69, 9.17) is 9.47 Å². The molecule has 3 heterocycles. The average molecular weight is 489 g/mol. The van der Waals surface area contributed by atoms with Crippen molar-refractivity contribution in [2.24, 2.45) is 0 Å². The van der Waals surface area contributed by atoms with Gasteiger partial charge in [-0.25, -0.2) is 31.5 Å². The average Bonchev–Trinajstić information content (AvgIpc) is 3.28. The molecular weight excluding hydrogens is 463 g/mol. The highest BCUT2D eigenvalue weighted by molar-refractivity contribution is 7.90. The lowest BCUT2D eigenvalue weighted by atomic mass is 10.1. The molecule has 34 heavy (non-hydrogen) atoms. The molecule has 4 rings (SSSR count). The third-order valence-corrected chi connectivity index (χ3v) is 7.29. The fourth-order valence-corrected chi connectivity index (χ4v) is 5.03. The smallest absolute Gasteiger partial charge is 0.355 e. The van der Waals surface area contributed by atoms with Crippen molar-refractivity contribution < 1.29 is 27.1 Å². The number of aryl methyl sites for hydroxylation is 2. The summed E-state index contributed by atoms with van der Waals surface area (Å²) < 4.78 is 51.7. The van der Waals surface area contributed by atoms with Gasteiger partial charge in [0.15, 0.2) is 0 Å². The number of rotatable bonds is 6. The molecule has 1 aromatic carbocycles. The van der Waals surface area contributed by atoms with Crippen LogP contribution < -0.4 is 5.32 Å². The first-order chi connectivity index (χ1) is 16.2. The van der Waals surface area contributed by atoms with Gasteiger partial charge in [0.05, 0.1) is 30.3 Å². The highest BCUT2D eigenvalue weighted by Crippen LogP contribution is 2.28. The summed E-state index contributed by atoms with van der Waals surface area (Å²) in [7, 11) is -2.91. The van der Waals surface area contributed by atoms with Gasteiger partial charge in [-0.1, -0.05) is 17.7 Å². The first-order valence-corrected chi connectivity index (χ1v) is 12.1. The first-order valence-electron chi connectivity index (χ1n) is 10.7. The number of methoxy groups -OCH3 is 1. The Hall–Kier alpha value is -3.31. The molecule has 1 aliphatic heterocycles. The van der Waals surface area contributed by atoms with Crippen LogP contribution in [0.2, 0.25) is 0 Å². The Morgan fingerprint density at radius 2 is 2.00 bits per heavy atom. The minimum Gasteiger partial charge on any atom is -0.464 e. The number of hydrogen-bond donors (Lipinski definition) is 1. The van der Waals surface area contributed by atoms with Crippen molar-refractivity contribution in [3.8, 4) is 11.3 Å². The zero-order valence-corrected chi connectivity index (χ0v) is 19.8. The Balaban J connectivity index is 1.76. The zero-order chi connectivity index (χ0) is 24.5. The minimum absolute atomic E-state index is 0.00139. The number of benzene rings is 1. The maximum absolute atomic E-state index is 14.2. The highest BCUT2D eigenvalue weighted by atomic mass is 32.2. The van der Waals surface area contributed by atoms with Crippen molar-refractivity contribution in [3.63, 3.8) is 0 Å².